The minimum Gasteiger partial charge on any atom is -0.618 e. The zero-order valence-electron chi connectivity index (χ0n) is 7.30. The third-order valence-electron chi connectivity index (χ3n) is 1.89. The number of rotatable bonds is 1. The number of aliphatic hydroxyl groups excluding tert-OH is 1. The number of aromatic nitrogens is 1. The minimum atomic E-state index is -4.67. The van der Waals surface area contributed by atoms with E-state index < -0.39 is 18.5 Å². The Balaban J connectivity index is 3.31. The fourth-order valence-corrected chi connectivity index (χ4v) is 1.06. The molecule has 0 aromatic carbocycles. The predicted octanol–water partition coefficient (Wildman–Crippen LogP) is 1.14. The Morgan fingerprint density at radius 1 is 1.43 bits per heavy atom. The summed E-state index contributed by atoms with van der Waals surface area (Å²) in [4.78, 5) is 0. The van der Waals surface area contributed by atoms with E-state index in [1.807, 2.05) is 0 Å². The molecule has 14 heavy (non-hydrogen) atoms. The van der Waals surface area contributed by atoms with Crippen LogP contribution in [0.3, 0.4) is 0 Å². The van der Waals surface area contributed by atoms with Crippen LogP contribution in [-0.4, -0.2) is 5.11 Å². The van der Waals surface area contributed by atoms with E-state index >= 15 is 0 Å². The lowest BCUT2D eigenvalue weighted by molar-refractivity contribution is -0.636. The van der Waals surface area contributed by atoms with Gasteiger partial charge >= 0.3 is 6.18 Å². The number of hydrogen-bond donors (Lipinski definition) is 1. The van der Waals surface area contributed by atoms with Crippen molar-refractivity contribution in [3.05, 3.63) is 34.3 Å². The lowest BCUT2D eigenvalue weighted by Gasteiger charge is -2.11. The second kappa shape index (κ2) is 3.45. The third kappa shape index (κ3) is 1.79. The van der Waals surface area contributed by atoms with Crippen LogP contribution in [0.4, 0.5) is 13.2 Å². The van der Waals surface area contributed by atoms with Gasteiger partial charge in [0.2, 0.25) is 0 Å². The van der Waals surface area contributed by atoms with Crippen molar-refractivity contribution in [3.8, 4) is 0 Å². The summed E-state index contributed by atoms with van der Waals surface area (Å²) in [5.41, 5.74) is -1.22. The molecule has 1 N–H and O–H groups in total. The normalized spacial score (nSPS) is 11.8. The summed E-state index contributed by atoms with van der Waals surface area (Å²) in [6.45, 7) is 0.778. The van der Waals surface area contributed by atoms with E-state index in [0.29, 0.717) is 6.07 Å². The van der Waals surface area contributed by atoms with Crippen molar-refractivity contribution < 1.29 is 23.0 Å². The van der Waals surface area contributed by atoms with Crippen LogP contribution in [0.1, 0.15) is 17.0 Å². The van der Waals surface area contributed by atoms with Crippen LogP contribution in [0.5, 0.6) is 0 Å². The van der Waals surface area contributed by atoms with Crippen molar-refractivity contribution in [1.82, 2.24) is 0 Å². The largest absolute Gasteiger partial charge is 0.618 e. The standard InChI is InChI=1S/C8H8F3NO2/c1-5-6(4-13)2-3-7(12(5)14)8(9,10)11/h2-3,13H,4H2,1H3. The Hall–Kier alpha value is -1.30. The first-order chi connectivity index (χ1) is 6.38. The SMILES string of the molecule is Cc1c(CO)ccc(C(F)(F)F)[n+]1[O-]. The van der Waals surface area contributed by atoms with Crippen LogP contribution < -0.4 is 4.73 Å². The average Bonchev–Trinajstić information content (AvgIpc) is 2.07. The second-order valence-corrected chi connectivity index (χ2v) is 2.78. The highest BCUT2D eigenvalue weighted by Crippen LogP contribution is 2.26. The van der Waals surface area contributed by atoms with Crippen LogP contribution in [0, 0.1) is 12.1 Å². The molecule has 0 aliphatic heterocycles. The van der Waals surface area contributed by atoms with Gasteiger partial charge in [-0.25, -0.2) is 0 Å². The molecule has 0 fully saturated rings. The van der Waals surface area contributed by atoms with Gasteiger partial charge in [0.15, 0.2) is 5.69 Å². The molecular weight excluding hydrogens is 199 g/mol. The Morgan fingerprint density at radius 3 is 2.43 bits per heavy atom. The summed E-state index contributed by atoms with van der Waals surface area (Å²) < 4.78 is 36.3. The molecule has 0 amide bonds. The summed E-state index contributed by atoms with van der Waals surface area (Å²) in [5.74, 6) is 0. The topological polar surface area (TPSA) is 47.2 Å². The quantitative estimate of drug-likeness (QED) is 0.554. The fourth-order valence-electron chi connectivity index (χ4n) is 1.06. The number of pyridine rings is 1. The van der Waals surface area contributed by atoms with Gasteiger partial charge in [0, 0.05) is 18.6 Å². The fraction of sp³-hybridized carbons (Fsp3) is 0.375. The number of hydrogen-bond acceptors (Lipinski definition) is 2. The molecule has 1 aromatic heterocycles. The van der Waals surface area contributed by atoms with Crippen molar-refractivity contribution in [2.24, 2.45) is 0 Å². The summed E-state index contributed by atoms with van der Waals surface area (Å²) in [5, 5.41) is 19.8. The Kier molecular flexibility index (Phi) is 2.66. The summed E-state index contributed by atoms with van der Waals surface area (Å²) in [6.07, 6.45) is -4.67. The van der Waals surface area contributed by atoms with Gasteiger partial charge in [-0.1, -0.05) is 0 Å². The van der Waals surface area contributed by atoms with Crippen molar-refractivity contribution in [1.29, 1.82) is 0 Å². The van der Waals surface area contributed by atoms with Gasteiger partial charge in [0.25, 0.3) is 5.69 Å². The molecule has 0 unspecified atom stereocenters. The highest BCUT2D eigenvalue weighted by atomic mass is 19.4. The minimum absolute atomic E-state index is 0.137. The molecule has 0 radical (unpaired) electrons. The Morgan fingerprint density at radius 2 is 2.00 bits per heavy atom. The summed E-state index contributed by atoms with van der Waals surface area (Å²) >= 11 is 0. The molecule has 78 valence electrons. The predicted molar refractivity (Wildman–Crippen MR) is 41.1 cm³/mol. The first kappa shape index (κ1) is 10.8. The van der Waals surface area contributed by atoms with Gasteiger partial charge in [0.1, 0.15) is 0 Å². The molecule has 6 heteroatoms. The second-order valence-electron chi connectivity index (χ2n) is 2.78. The molecule has 0 aliphatic rings. The van der Waals surface area contributed by atoms with E-state index in [9.17, 15) is 18.4 Å². The molecule has 1 aromatic rings. The molecule has 0 aliphatic carbocycles. The number of halogens is 3. The van der Waals surface area contributed by atoms with Gasteiger partial charge in [-0.15, -0.1) is 0 Å². The molecule has 3 nitrogen and oxygen atoms in total. The number of aliphatic hydroxyl groups is 1. The van der Waals surface area contributed by atoms with Crippen molar-refractivity contribution in [2.45, 2.75) is 19.7 Å². The number of nitrogens with zero attached hydrogens (tertiary/aromatic N) is 1. The molecule has 0 saturated carbocycles. The summed E-state index contributed by atoms with van der Waals surface area (Å²) in [7, 11) is 0. The van der Waals surface area contributed by atoms with E-state index in [1.54, 1.807) is 0 Å². The lowest BCUT2D eigenvalue weighted by Crippen LogP contribution is -2.40. The zero-order chi connectivity index (χ0) is 10.9. The Labute approximate surface area is 78.0 Å². The van der Waals surface area contributed by atoms with Crippen molar-refractivity contribution in [3.63, 3.8) is 0 Å². The van der Waals surface area contributed by atoms with Gasteiger partial charge in [-0.05, 0) is 6.07 Å². The maximum atomic E-state index is 12.2. The zero-order valence-corrected chi connectivity index (χ0v) is 7.30. The van der Waals surface area contributed by atoms with Crippen LogP contribution in [-0.2, 0) is 12.8 Å². The van der Waals surface area contributed by atoms with Gasteiger partial charge in [-0.3, -0.25) is 0 Å². The highest BCUT2D eigenvalue weighted by molar-refractivity contribution is 5.17. The van der Waals surface area contributed by atoms with Crippen molar-refractivity contribution in [2.75, 3.05) is 0 Å². The van der Waals surface area contributed by atoms with Gasteiger partial charge in [0.05, 0.1) is 6.61 Å². The summed E-state index contributed by atoms with van der Waals surface area (Å²) in [6, 6.07) is 1.75. The Bertz CT molecular complexity index is 349. The molecular formula is C8H8F3NO2. The smallest absolute Gasteiger partial charge is 0.478 e. The van der Waals surface area contributed by atoms with Crippen LogP contribution in [0.25, 0.3) is 0 Å². The van der Waals surface area contributed by atoms with Crippen molar-refractivity contribution >= 4 is 0 Å². The lowest BCUT2D eigenvalue weighted by atomic mass is 10.2. The van der Waals surface area contributed by atoms with Gasteiger partial charge < -0.3 is 10.3 Å². The van der Waals surface area contributed by atoms with E-state index in [0.717, 1.165) is 6.07 Å². The number of alkyl halides is 3. The molecule has 1 heterocycles. The molecule has 0 saturated heterocycles. The molecule has 0 atom stereocenters. The van der Waals surface area contributed by atoms with E-state index in [1.165, 1.54) is 6.92 Å². The highest BCUT2D eigenvalue weighted by Gasteiger charge is 2.40. The molecule has 1 rings (SSSR count). The van der Waals surface area contributed by atoms with Crippen LogP contribution in [0.15, 0.2) is 12.1 Å². The van der Waals surface area contributed by atoms with Crippen LogP contribution >= 0.6 is 0 Å². The van der Waals surface area contributed by atoms with E-state index in [-0.39, 0.29) is 16.0 Å². The van der Waals surface area contributed by atoms with Gasteiger partial charge in [-0.2, -0.15) is 17.9 Å². The van der Waals surface area contributed by atoms with Crippen LogP contribution in [0.2, 0.25) is 0 Å². The third-order valence-corrected chi connectivity index (χ3v) is 1.89. The first-order valence-corrected chi connectivity index (χ1v) is 3.78. The molecule has 0 bridgehead atoms. The monoisotopic (exact) mass is 207 g/mol. The average molecular weight is 207 g/mol. The maximum absolute atomic E-state index is 12.2. The first-order valence-electron chi connectivity index (χ1n) is 3.78. The van der Waals surface area contributed by atoms with E-state index in [2.05, 4.69) is 0 Å². The maximum Gasteiger partial charge on any atom is 0.478 e. The van der Waals surface area contributed by atoms with E-state index in [4.69, 9.17) is 5.11 Å². The molecule has 0 spiro atoms.